The number of nitrogens with one attached hydrogen (secondary N) is 1. The highest BCUT2D eigenvalue weighted by molar-refractivity contribution is 5.73. The minimum absolute atomic E-state index is 0.116. The van der Waals surface area contributed by atoms with Crippen molar-refractivity contribution in [2.45, 2.75) is 59.2 Å². The minimum atomic E-state index is -0.822. The summed E-state index contributed by atoms with van der Waals surface area (Å²) >= 11 is 0. The number of aliphatic carboxylic acids is 1. The van der Waals surface area contributed by atoms with E-state index in [1.54, 1.807) is 4.68 Å². The molecular formula is C13H24N4O2. The second kappa shape index (κ2) is 6.14. The third-order valence-electron chi connectivity index (χ3n) is 2.76. The Kier molecular flexibility index (Phi) is 5.05. The lowest BCUT2D eigenvalue weighted by Gasteiger charge is -2.17. The SMILES string of the molecule is CC(C)CC(NCc1cn(C(C)(C)C)nn1)C(=O)O. The number of carboxylic acids is 1. The van der Waals surface area contributed by atoms with Crippen LogP contribution in [0.4, 0.5) is 0 Å². The molecule has 1 unspecified atom stereocenters. The molecule has 1 aromatic heterocycles. The van der Waals surface area contributed by atoms with Gasteiger partial charge in [-0.05, 0) is 33.1 Å². The van der Waals surface area contributed by atoms with Gasteiger partial charge in [-0.1, -0.05) is 19.1 Å². The average Bonchev–Trinajstić information content (AvgIpc) is 2.71. The molecule has 19 heavy (non-hydrogen) atoms. The molecule has 0 amide bonds. The number of hydrogen-bond acceptors (Lipinski definition) is 4. The second-order valence-electron chi connectivity index (χ2n) is 6.23. The van der Waals surface area contributed by atoms with E-state index in [0.29, 0.717) is 18.9 Å². The van der Waals surface area contributed by atoms with Crippen molar-refractivity contribution in [1.82, 2.24) is 20.3 Å². The summed E-state index contributed by atoms with van der Waals surface area (Å²) in [5, 5.41) is 20.2. The van der Waals surface area contributed by atoms with Gasteiger partial charge in [0.25, 0.3) is 0 Å². The first-order chi connectivity index (χ1) is 8.70. The highest BCUT2D eigenvalue weighted by atomic mass is 16.4. The molecule has 0 saturated heterocycles. The molecule has 0 aliphatic heterocycles. The summed E-state index contributed by atoms with van der Waals surface area (Å²) in [5.74, 6) is -0.490. The third kappa shape index (κ3) is 4.98. The number of carboxylic acid groups (broad SMARTS) is 1. The maximum Gasteiger partial charge on any atom is 0.320 e. The van der Waals surface area contributed by atoms with E-state index in [0.717, 1.165) is 5.69 Å². The number of hydrogen-bond donors (Lipinski definition) is 2. The Labute approximate surface area is 114 Å². The molecule has 0 aliphatic rings. The first-order valence-electron chi connectivity index (χ1n) is 6.58. The lowest BCUT2D eigenvalue weighted by molar-refractivity contribution is -0.140. The van der Waals surface area contributed by atoms with Crippen molar-refractivity contribution < 1.29 is 9.90 Å². The van der Waals surface area contributed by atoms with Gasteiger partial charge < -0.3 is 5.11 Å². The molecule has 1 aromatic rings. The van der Waals surface area contributed by atoms with E-state index in [1.165, 1.54) is 0 Å². The van der Waals surface area contributed by atoms with E-state index in [9.17, 15) is 4.79 Å². The van der Waals surface area contributed by atoms with Crippen LogP contribution < -0.4 is 5.32 Å². The van der Waals surface area contributed by atoms with E-state index < -0.39 is 12.0 Å². The topological polar surface area (TPSA) is 80.0 Å². The fourth-order valence-electron chi connectivity index (χ4n) is 1.68. The van der Waals surface area contributed by atoms with E-state index in [2.05, 4.69) is 15.6 Å². The predicted molar refractivity (Wildman–Crippen MR) is 72.7 cm³/mol. The van der Waals surface area contributed by atoms with Crippen molar-refractivity contribution in [2.75, 3.05) is 0 Å². The van der Waals surface area contributed by atoms with E-state index in [-0.39, 0.29) is 5.54 Å². The van der Waals surface area contributed by atoms with Crippen LogP contribution >= 0.6 is 0 Å². The Morgan fingerprint density at radius 1 is 1.47 bits per heavy atom. The molecule has 0 radical (unpaired) electrons. The quantitative estimate of drug-likeness (QED) is 0.819. The number of rotatable bonds is 6. The molecule has 0 spiro atoms. The van der Waals surface area contributed by atoms with Crippen LogP contribution in [-0.4, -0.2) is 32.1 Å². The molecule has 0 fully saturated rings. The van der Waals surface area contributed by atoms with Crippen LogP contribution in [0.25, 0.3) is 0 Å². The van der Waals surface area contributed by atoms with E-state index in [4.69, 9.17) is 5.11 Å². The van der Waals surface area contributed by atoms with Crippen molar-refractivity contribution in [2.24, 2.45) is 5.92 Å². The Balaban J connectivity index is 2.60. The summed E-state index contributed by atoms with van der Waals surface area (Å²) in [6.45, 7) is 10.5. The summed E-state index contributed by atoms with van der Waals surface area (Å²) in [6, 6.07) is -0.542. The third-order valence-corrected chi connectivity index (χ3v) is 2.76. The molecule has 1 atom stereocenters. The second-order valence-corrected chi connectivity index (χ2v) is 6.23. The first kappa shape index (κ1) is 15.6. The summed E-state index contributed by atoms with van der Waals surface area (Å²) in [6.07, 6.45) is 2.45. The van der Waals surface area contributed by atoms with E-state index in [1.807, 2.05) is 40.8 Å². The van der Waals surface area contributed by atoms with Gasteiger partial charge in [-0.15, -0.1) is 5.10 Å². The maximum atomic E-state index is 11.1. The molecule has 2 N–H and O–H groups in total. The molecule has 0 bridgehead atoms. The summed E-state index contributed by atoms with van der Waals surface area (Å²) in [4.78, 5) is 11.1. The zero-order valence-corrected chi connectivity index (χ0v) is 12.3. The highest BCUT2D eigenvalue weighted by Gasteiger charge is 2.19. The standard InChI is InChI=1S/C13H24N4O2/c1-9(2)6-11(12(18)19)14-7-10-8-17(16-15-10)13(3,4)5/h8-9,11,14H,6-7H2,1-5H3,(H,18,19). The van der Waals surface area contributed by atoms with Gasteiger partial charge in [0.15, 0.2) is 0 Å². The van der Waals surface area contributed by atoms with Crippen LogP contribution in [0, 0.1) is 5.92 Å². The van der Waals surface area contributed by atoms with Crippen LogP contribution in [-0.2, 0) is 16.9 Å². The normalized spacial score (nSPS) is 13.8. The van der Waals surface area contributed by atoms with Crippen molar-refractivity contribution >= 4 is 5.97 Å². The van der Waals surface area contributed by atoms with Crippen LogP contribution in [0.1, 0.15) is 46.7 Å². The predicted octanol–water partition coefficient (Wildman–Crippen LogP) is 1.62. The Morgan fingerprint density at radius 3 is 2.53 bits per heavy atom. The molecule has 108 valence electrons. The molecular weight excluding hydrogens is 244 g/mol. The van der Waals surface area contributed by atoms with Crippen molar-refractivity contribution in [1.29, 1.82) is 0 Å². The van der Waals surface area contributed by atoms with Gasteiger partial charge in [-0.2, -0.15) is 0 Å². The highest BCUT2D eigenvalue weighted by Crippen LogP contribution is 2.12. The van der Waals surface area contributed by atoms with Crippen LogP contribution in [0.15, 0.2) is 6.20 Å². The molecule has 0 aliphatic carbocycles. The fraction of sp³-hybridized carbons (Fsp3) is 0.769. The maximum absolute atomic E-state index is 11.1. The van der Waals surface area contributed by atoms with Gasteiger partial charge in [0, 0.05) is 6.54 Å². The van der Waals surface area contributed by atoms with Gasteiger partial charge in [0.05, 0.1) is 17.4 Å². The summed E-state index contributed by atoms with van der Waals surface area (Å²) in [5.41, 5.74) is 0.639. The summed E-state index contributed by atoms with van der Waals surface area (Å²) < 4.78 is 1.78. The zero-order chi connectivity index (χ0) is 14.6. The van der Waals surface area contributed by atoms with Gasteiger partial charge in [0.2, 0.25) is 0 Å². The van der Waals surface area contributed by atoms with Crippen molar-refractivity contribution in [3.8, 4) is 0 Å². The van der Waals surface area contributed by atoms with Crippen molar-refractivity contribution in [3.63, 3.8) is 0 Å². The Morgan fingerprint density at radius 2 is 2.11 bits per heavy atom. The average molecular weight is 268 g/mol. The molecule has 0 saturated carbocycles. The largest absolute Gasteiger partial charge is 0.480 e. The lowest BCUT2D eigenvalue weighted by atomic mass is 10.0. The molecule has 1 heterocycles. The minimum Gasteiger partial charge on any atom is -0.480 e. The van der Waals surface area contributed by atoms with Gasteiger partial charge in [0.1, 0.15) is 6.04 Å². The molecule has 1 rings (SSSR count). The van der Waals surface area contributed by atoms with Gasteiger partial charge in [-0.3, -0.25) is 10.1 Å². The molecule has 6 nitrogen and oxygen atoms in total. The van der Waals surface area contributed by atoms with Crippen LogP contribution in [0.2, 0.25) is 0 Å². The number of nitrogens with zero attached hydrogens (tertiary/aromatic N) is 3. The Hall–Kier alpha value is -1.43. The van der Waals surface area contributed by atoms with E-state index >= 15 is 0 Å². The van der Waals surface area contributed by atoms with Crippen molar-refractivity contribution in [3.05, 3.63) is 11.9 Å². The smallest absolute Gasteiger partial charge is 0.320 e. The summed E-state index contributed by atoms with van der Waals surface area (Å²) in [7, 11) is 0. The fourth-order valence-corrected chi connectivity index (χ4v) is 1.68. The lowest BCUT2D eigenvalue weighted by Crippen LogP contribution is -2.37. The number of carbonyl (C=O) groups is 1. The van der Waals surface area contributed by atoms with Crippen LogP contribution in [0.5, 0.6) is 0 Å². The zero-order valence-electron chi connectivity index (χ0n) is 12.3. The van der Waals surface area contributed by atoms with Gasteiger partial charge >= 0.3 is 5.97 Å². The molecule has 0 aromatic carbocycles. The first-order valence-corrected chi connectivity index (χ1v) is 6.58. The Bertz CT molecular complexity index is 421. The van der Waals surface area contributed by atoms with Gasteiger partial charge in [-0.25, -0.2) is 4.68 Å². The monoisotopic (exact) mass is 268 g/mol. The van der Waals surface area contributed by atoms with Crippen LogP contribution in [0.3, 0.4) is 0 Å². The molecule has 6 heteroatoms. The number of aromatic nitrogens is 3.